The maximum atomic E-state index is 12.7. The summed E-state index contributed by atoms with van der Waals surface area (Å²) in [6.07, 6.45) is 3.46. The number of nitro benzene ring substituents is 1. The molecule has 152 valence electrons. The monoisotopic (exact) mass is 442 g/mol. The largest absolute Gasteiger partial charge is 0.325 e. The Balaban J connectivity index is 1.61. The second kappa shape index (κ2) is 8.30. The highest BCUT2D eigenvalue weighted by Crippen LogP contribution is 2.37. The number of hydrogen-bond donors (Lipinski definition) is 1. The molecule has 30 heavy (non-hydrogen) atoms. The van der Waals surface area contributed by atoms with Crippen LogP contribution in [-0.2, 0) is 6.42 Å². The Morgan fingerprint density at radius 2 is 1.97 bits per heavy atom. The van der Waals surface area contributed by atoms with Gasteiger partial charge in [0, 0.05) is 36.2 Å². The van der Waals surface area contributed by atoms with Crippen molar-refractivity contribution in [3.8, 4) is 0 Å². The summed E-state index contributed by atoms with van der Waals surface area (Å²) in [5, 5.41) is 14.5. The predicted molar refractivity (Wildman–Crippen MR) is 117 cm³/mol. The van der Waals surface area contributed by atoms with Crippen molar-refractivity contribution < 1.29 is 9.72 Å². The number of pyridine rings is 1. The third-order valence-corrected chi connectivity index (χ3v) is 5.48. The number of aromatic nitrogens is 1. The second-order valence-corrected chi connectivity index (χ2v) is 7.60. The summed E-state index contributed by atoms with van der Waals surface area (Å²) < 4.78 is 0. The standard InChI is InChI=1S/C21H16Cl2N4O3/c22-17-7-6-15(27(29)30)12-16(17)21(28)25-14-5-8-19-13(11-14)3-2-10-26(19)20-18(23)4-1-9-24-20/h1,4-9,11-12H,2-3,10H2,(H,25,28). The summed E-state index contributed by atoms with van der Waals surface area (Å²) in [5.74, 6) is 0.185. The van der Waals surface area contributed by atoms with E-state index in [0.29, 0.717) is 16.5 Å². The molecule has 9 heteroatoms. The first-order valence-corrected chi connectivity index (χ1v) is 9.96. The zero-order valence-electron chi connectivity index (χ0n) is 15.6. The van der Waals surface area contributed by atoms with Crippen molar-refractivity contribution in [2.45, 2.75) is 12.8 Å². The fourth-order valence-corrected chi connectivity index (χ4v) is 3.90. The third-order valence-electron chi connectivity index (χ3n) is 4.86. The Bertz CT molecular complexity index is 1150. The number of anilines is 3. The van der Waals surface area contributed by atoms with E-state index in [0.717, 1.165) is 30.6 Å². The molecule has 1 amide bonds. The number of nitro groups is 1. The van der Waals surface area contributed by atoms with Crippen molar-refractivity contribution in [1.82, 2.24) is 4.98 Å². The number of carbonyl (C=O) groups excluding carboxylic acids is 1. The zero-order chi connectivity index (χ0) is 21.3. The van der Waals surface area contributed by atoms with Gasteiger partial charge in [-0.05, 0) is 54.8 Å². The van der Waals surface area contributed by atoms with E-state index in [1.54, 1.807) is 24.4 Å². The number of amides is 1. The molecule has 2 heterocycles. The van der Waals surface area contributed by atoms with Crippen LogP contribution in [-0.4, -0.2) is 22.4 Å². The van der Waals surface area contributed by atoms with Gasteiger partial charge in [0.25, 0.3) is 11.6 Å². The number of rotatable bonds is 4. The predicted octanol–water partition coefficient (Wildman–Crippen LogP) is 5.63. The minimum Gasteiger partial charge on any atom is -0.325 e. The van der Waals surface area contributed by atoms with E-state index in [4.69, 9.17) is 23.2 Å². The quantitative estimate of drug-likeness (QED) is 0.417. The van der Waals surface area contributed by atoms with Gasteiger partial charge in [0.2, 0.25) is 0 Å². The van der Waals surface area contributed by atoms with Crippen LogP contribution in [0.2, 0.25) is 10.0 Å². The minimum atomic E-state index is -0.566. The first-order valence-electron chi connectivity index (χ1n) is 9.20. The molecule has 1 aliphatic rings. The number of non-ortho nitro benzene ring substituents is 1. The van der Waals surface area contributed by atoms with Gasteiger partial charge in [0.05, 0.1) is 20.5 Å². The summed E-state index contributed by atoms with van der Waals surface area (Å²) in [5.41, 5.74) is 2.46. The van der Waals surface area contributed by atoms with E-state index in [2.05, 4.69) is 15.2 Å². The zero-order valence-corrected chi connectivity index (χ0v) is 17.2. The SMILES string of the molecule is O=C(Nc1ccc2c(c1)CCCN2c1ncccc1Cl)c1cc([N+](=O)[O-])ccc1Cl. The molecule has 4 rings (SSSR count). The lowest BCUT2D eigenvalue weighted by Gasteiger charge is -2.31. The van der Waals surface area contributed by atoms with Crippen LogP contribution in [0, 0.1) is 10.1 Å². The van der Waals surface area contributed by atoms with Crippen molar-refractivity contribution in [2.24, 2.45) is 0 Å². The summed E-state index contributed by atoms with van der Waals surface area (Å²) >= 11 is 12.4. The number of benzene rings is 2. The van der Waals surface area contributed by atoms with Crippen LogP contribution in [0.25, 0.3) is 0 Å². The topological polar surface area (TPSA) is 88.4 Å². The van der Waals surface area contributed by atoms with Gasteiger partial charge in [0.15, 0.2) is 5.82 Å². The van der Waals surface area contributed by atoms with Crippen LogP contribution >= 0.6 is 23.2 Å². The molecule has 2 aromatic carbocycles. The molecular weight excluding hydrogens is 427 g/mol. The van der Waals surface area contributed by atoms with E-state index < -0.39 is 10.8 Å². The maximum absolute atomic E-state index is 12.7. The van der Waals surface area contributed by atoms with Gasteiger partial charge < -0.3 is 10.2 Å². The van der Waals surface area contributed by atoms with Gasteiger partial charge in [-0.1, -0.05) is 23.2 Å². The lowest BCUT2D eigenvalue weighted by Crippen LogP contribution is -2.25. The summed E-state index contributed by atoms with van der Waals surface area (Å²) in [4.78, 5) is 29.5. The summed E-state index contributed by atoms with van der Waals surface area (Å²) in [7, 11) is 0. The number of halogens is 2. The lowest BCUT2D eigenvalue weighted by molar-refractivity contribution is -0.384. The first-order chi connectivity index (χ1) is 14.4. The minimum absolute atomic E-state index is 0.0467. The molecule has 0 atom stereocenters. The van der Waals surface area contributed by atoms with E-state index >= 15 is 0 Å². The highest BCUT2D eigenvalue weighted by molar-refractivity contribution is 6.34. The lowest BCUT2D eigenvalue weighted by atomic mass is 10.0. The maximum Gasteiger partial charge on any atom is 0.270 e. The van der Waals surface area contributed by atoms with E-state index in [1.807, 2.05) is 12.1 Å². The molecule has 0 fully saturated rings. The van der Waals surface area contributed by atoms with Gasteiger partial charge >= 0.3 is 0 Å². The van der Waals surface area contributed by atoms with Crippen LogP contribution in [0.3, 0.4) is 0 Å². The molecular formula is C21H16Cl2N4O3. The normalized spacial score (nSPS) is 12.9. The molecule has 0 radical (unpaired) electrons. The molecule has 1 N–H and O–H groups in total. The van der Waals surface area contributed by atoms with Crippen molar-refractivity contribution >= 4 is 52.0 Å². The van der Waals surface area contributed by atoms with Crippen LogP contribution in [0.15, 0.2) is 54.7 Å². The van der Waals surface area contributed by atoms with E-state index in [-0.39, 0.29) is 16.3 Å². The Kier molecular flexibility index (Phi) is 5.57. The molecule has 0 aliphatic carbocycles. The van der Waals surface area contributed by atoms with Gasteiger partial charge in [-0.3, -0.25) is 14.9 Å². The average molecular weight is 443 g/mol. The van der Waals surface area contributed by atoms with Crippen LogP contribution in [0.4, 0.5) is 22.9 Å². The van der Waals surface area contributed by atoms with Gasteiger partial charge in [-0.25, -0.2) is 4.98 Å². The Labute approximate surface area is 182 Å². The van der Waals surface area contributed by atoms with Crippen molar-refractivity contribution in [3.63, 3.8) is 0 Å². The van der Waals surface area contributed by atoms with Crippen molar-refractivity contribution in [2.75, 3.05) is 16.8 Å². The fraction of sp³-hybridized carbons (Fsp3) is 0.143. The van der Waals surface area contributed by atoms with Gasteiger partial charge in [0.1, 0.15) is 0 Å². The average Bonchev–Trinajstić information content (AvgIpc) is 2.73. The van der Waals surface area contributed by atoms with E-state index in [9.17, 15) is 14.9 Å². The van der Waals surface area contributed by atoms with Crippen molar-refractivity contribution in [1.29, 1.82) is 0 Å². The Morgan fingerprint density at radius 1 is 1.13 bits per heavy atom. The Hall–Kier alpha value is -3.16. The van der Waals surface area contributed by atoms with Crippen LogP contribution in [0.1, 0.15) is 22.3 Å². The van der Waals surface area contributed by atoms with Crippen LogP contribution in [0.5, 0.6) is 0 Å². The molecule has 0 bridgehead atoms. The molecule has 0 unspecified atom stereocenters. The molecule has 1 aliphatic heterocycles. The molecule has 1 aromatic heterocycles. The molecule has 7 nitrogen and oxygen atoms in total. The molecule has 0 saturated heterocycles. The molecule has 3 aromatic rings. The highest BCUT2D eigenvalue weighted by Gasteiger charge is 2.22. The van der Waals surface area contributed by atoms with Crippen LogP contribution < -0.4 is 10.2 Å². The number of fused-ring (bicyclic) bond motifs is 1. The third kappa shape index (κ3) is 3.94. The van der Waals surface area contributed by atoms with Gasteiger partial charge in [-0.15, -0.1) is 0 Å². The number of nitrogens with zero attached hydrogens (tertiary/aromatic N) is 3. The highest BCUT2D eigenvalue weighted by atomic mass is 35.5. The fourth-order valence-electron chi connectivity index (χ4n) is 3.47. The number of aryl methyl sites for hydroxylation is 1. The van der Waals surface area contributed by atoms with E-state index in [1.165, 1.54) is 18.2 Å². The number of carbonyl (C=O) groups is 1. The van der Waals surface area contributed by atoms with Crippen molar-refractivity contribution in [3.05, 3.63) is 86.0 Å². The smallest absolute Gasteiger partial charge is 0.270 e. The number of hydrogen-bond acceptors (Lipinski definition) is 5. The molecule has 0 saturated carbocycles. The summed E-state index contributed by atoms with van der Waals surface area (Å²) in [6, 6.07) is 12.9. The first kappa shape index (κ1) is 20.1. The summed E-state index contributed by atoms with van der Waals surface area (Å²) in [6.45, 7) is 0.790. The number of nitrogens with one attached hydrogen (secondary N) is 1. The second-order valence-electron chi connectivity index (χ2n) is 6.78. The van der Waals surface area contributed by atoms with Gasteiger partial charge in [-0.2, -0.15) is 0 Å². The Morgan fingerprint density at radius 3 is 2.73 bits per heavy atom. The molecule has 0 spiro atoms.